The van der Waals surface area contributed by atoms with Crippen molar-refractivity contribution < 1.29 is 17.9 Å². The zero-order chi connectivity index (χ0) is 22.4. The number of rotatable bonds is 8. The second kappa shape index (κ2) is 10.1. The van der Waals surface area contributed by atoms with Crippen molar-refractivity contribution in [1.29, 1.82) is 0 Å². The van der Waals surface area contributed by atoms with Gasteiger partial charge in [-0.1, -0.05) is 0 Å². The summed E-state index contributed by atoms with van der Waals surface area (Å²) in [6.45, 7) is 8.74. The van der Waals surface area contributed by atoms with Crippen LogP contribution in [-0.4, -0.2) is 68.5 Å². The largest absolute Gasteiger partial charge is 0.494 e. The van der Waals surface area contributed by atoms with E-state index in [0.717, 1.165) is 17.3 Å². The van der Waals surface area contributed by atoms with Gasteiger partial charge in [0, 0.05) is 50.9 Å². The summed E-state index contributed by atoms with van der Waals surface area (Å²) in [6, 6.07) is 8.16. The molecule has 1 aliphatic heterocycles. The molecule has 168 valence electrons. The minimum absolute atomic E-state index is 0.0545. The molecule has 0 atom stereocenters. The summed E-state index contributed by atoms with van der Waals surface area (Å²) >= 11 is 0. The van der Waals surface area contributed by atoms with Gasteiger partial charge in [-0.3, -0.25) is 4.79 Å². The number of carbonyl (C=O) groups excluding carboxylic acids is 1. The Morgan fingerprint density at radius 1 is 1.10 bits per heavy atom. The first kappa shape index (κ1) is 23.0. The van der Waals surface area contributed by atoms with Gasteiger partial charge in [-0.05, 0) is 45.0 Å². The molecule has 1 aromatic heterocycles. The number of hydrogen-bond acceptors (Lipinski definition) is 7. The summed E-state index contributed by atoms with van der Waals surface area (Å²) in [5, 5.41) is 0. The van der Waals surface area contributed by atoms with Gasteiger partial charge >= 0.3 is 0 Å². The molecule has 9 nitrogen and oxygen atoms in total. The van der Waals surface area contributed by atoms with Crippen LogP contribution in [0.25, 0.3) is 0 Å². The van der Waals surface area contributed by atoms with E-state index in [1.165, 1.54) is 12.1 Å². The molecule has 0 radical (unpaired) electrons. The van der Waals surface area contributed by atoms with Crippen LogP contribution in [0, 0.1) is 13.8 Å². The number of nitrogens with one attached hydrogen (secondary N) is 1. The van der Waals surface area contributed by atoms with Crippen molar-refractivity contribution in [3.8, 4) is 5.75 Å². The van der Waals surface area contributed by atoms with Crippen molar-refractivity contribution in [2.45, 2.75) is 32.1 Å². The van der Waals surface area contributed by atoms with E-state index >= 15 is 0 Å². The molecule has 0 unspecified atom stereocenters. The molecule has 2 aromatic rings. The number of hydrogen-bond donors (Lipinski definition) is 1. The van der Waals surface area contributed by atoms with Crippen molar-refractivity contribution in [3.63, 3.8) is 0 Å². The second-order valence-corrected chi connectivity index (χ2v) is 9.10. The maximum Gasteiger partial charge on any atom is 0.240 e. The molecular weight excluding hydrogens is 418 g/mol. The number of aromatic nitrogens is 2. The summed E-state index contributed by atoms with van der Waals surface area (Å²) in [4.78, 5) is 25.3. The van der Waals surface area contributed by atoms with Crippen LogP contribution in [0.1, 0.15) is 24.9 Å². The molecule has 3 rings (SSSR count). The number of amides is 1. The fourth-order valence-electron chi connectivity index (χ4n) is 3.46. The van der Waals surface area contributed by atoms with E-state index in [2.05, 4.69) is 19.6 Å². The van der Waals surface area contributed by atoms with Crippen LogP contribution in [-0.2, 0) is 14.8 Å². The molecular formula is C21H29N5O4S. The van der Waals surface area contributed by atoms with Crippen LogP contribution >= 0.6 is 0 Å². The maximum atomic E-state index is 12.5. The lowest BCUT2D eigenvalue weighted by Crippen LogP contribution is -2.49. The van der Waals surface area contributed by atoms with Crippen LogP contribution < -0.4 is 14.4 Å². The Morgan fingerprint density at radius 3 is 2.39 bits per heavy atom. The zero-order valence-electron chi connectivity index (χ0n) is 18.2. The highest BCUT2D eigenvalue weighted by molar-refractivity contribution is 7.89. The normalized spacial score (nSPS) is 14.5. The summed E-state index contributed by atoms with van der Waals surface area (Å²) in [6.07, 6.45) is 0.113. The first-order valence-electron chi connectivity index (χ1n) is 10.4. The smallest absolute Gasteiger partial charge is 0.240 e. The first-order chi connectivity index (χ1) is 14.8. The molecule has 1 saturated heterocycles. The molecule has 1 aliphatic rings. The van der Waals surface area contributed by atoms with Gasteiger partial charge in [0.15, 0.2) is 0 Å². The van der Waals surface area contributed by atoms with Crippen LogP contribution in [0.15, 0.2) is 35.2 Å². The highest BCUT2D eigenvalue weighted by Crippen LogP contribution is 2.17. The lowest BCUT2D eigenvalue weighted by atomic mass is 10.2. The predicted molar refractivity (Wildman–Crippen MR) is 118 cm³/mol. The Balaban J connectivity index is 1.47. The standard InChI is InChI=1S/C21H29N5O4S/c1-4-30-18-5-7-19(8-6-18)31(28,29)22-10-9-21(27)26-13-11-25(12-14-26)20-15-16(2)23-17(3)24-20/h5-8,15,22H,4,9-14H2,1-3H3. The summed E-state index contributed by atoms with van der Waals surface area (Å²) < 4.78 is 32.7. The van der Waals surface area contributed by atoms with E-state index in [4.69, 9.17) is 4.74 Å². The molecule has 31 heavy (non-hydrogen) atoms. The highest BCUT2D eigenvalue weighted by atomic mass is 32.2. The third-order valence-electron chi connectivity index (χ3n) is 4.98. The third-order valence-corrected chi connectivity index (χ3v) is 6.46. The number of benzene rings is 1. The van der Waals surface area contributed by atoms with Crippen molar-refractivity contribution >= 4 is 21.7 Å². The molecule has 10 heteroatoms. The Bertz CT molecular complexity index is 983. The summed E-state index contributed by atoms with van der Waals surface area (Å²) in [5.41, 5.74) is 0.917. The maximum absolute atomic E-state index is 12.5. The van der Waals surface area contributed by atoms with Gasteiger partial charge in [0.25, 0.3) is 0 Å². The SMILES string of the molecule is CCOc1ccc(S(=O)(=O)NCCC(=O)N2CCN(c3cc(C)nc(C)n3)CC2)cc1. The van der Waals surface area contributed by atoms with Crippen LogP contribution in [0.5, 0.6) is 5.75 Å². The number of carbonyl (C=O) groups is 1. The molecule has 2 heterocycles. The fourth-order valence-corrected chi connectivity index (χ4v) is 4.49. The summed E-state index contributed by atoms with van der Waals surface area (Å²) in [7, 11) is -3.67. The Morgan fingerprint density at radius 2 is 1.77 bits per heavy atom. The van der Waals surface area contributed by atoms with E-state index in [-0.39, 0.29) is 23.8 Å². The van der Waals surface area contributed by atoms with Crippen molar-refractivity contribution in [3.05, 3.63) is 41.9 Å². The molecule has 1 fully saturated rings. The molecule has 0 aliphatic carbocycles. The quantitative estimate of drug-likeness (QED) is 0.654. The molecule has 0 saturated carbocycles. The topological polar surface area (TPSA) is 105 Å². The second-order valence-electron chi connectivity index (χ2n) is 7.33. The van der Waals surface area contributed by atoms with Crippen LogP contribution in [0.3, 0.4) is 0 Å². The Hall–Kier alpha value is -2.72. The van der Waals surface area contributed by atoms with Crippen molar-refractivity contribution in [1.82, 2.24) is 19.6 Å². The van der Waals surface area contributed by atoms with Gasteiger partial charge in [0.05, 0.1) is 11.5 Å². The van der Waals surface area contributed by atoms with Crippen molar-refractivity contribution in [2.75, 3.05) is 44.2 Å². The van der Waals surface area contributed by atoms with Gasteiger partial charge < -0.3 is 14.5 Å². The van der Waals surface area contributed by atoms with E-state index in [1.807, 2.05) is 26.8 Å². The summed E-state index contributed by atoms with van der Waals surface area (Å²) in [5.74, 6) is 2.15. The first-order valence-corrected chi connectivity index (χ1v) is 11.8. The van der Waals surface area contributed by atoms with Gasteiger partial charge in [0.1, 0.15) is 17.4 Å². The Labute approximate surface area is 183 Å². The highest BCUT2D eigenvalue weighted by Gasteiger charge is 2.23. The molecule has 0 spiro atoms. The third kappa shape index (κ3) is 6.14. The monoisotopic (exact) mass is 447 g/mol. The predicted octanol–water partition coefficient (Wildman–Crippen LogP) is 1.51. The lowest BCUT2D eigenvalue weighted by molar-refractivity contribution is -0.131. The van der Waals surface area contributed by atoms with Gasteiger partial charge in [-0.2, -0.15) is 0 Å². The molecule has 1 amide bonds. The molecule has 1 aromatic carbocycles. The minimum Gasteiger partial charge on any atom is -0.494 e. The number of nitrogens with zero attached hydrogens (tertiary/aromatic N) is 4. The van der Waals surface area contributed by atoms with Gasteiger partial charge in [0.2, 0.25) is 15.9 Å². The number of ether oxygens (including phenoxy) is 1. The fraction of sp³-hybridized carbons (Fsp3) is 0.476. The van der Waals surface area contributed by atoms with Crippen LogP contribution in [0.4, 0.5) is 5.82 Å². The average Bonchev–Trinajstić information content (AvgIpc) is 2.73. The van der Waals surface area contributed by atoms with E-state index in [1.54, 1.807) is 17.0 Å². The number of aryl methyl sites for hydroxylation is 2. The van der Waals surface area contributed by atoms with Gasteiger partial charge in [-0.15, -0.1) is 0 Å². The van der Waals surface area contributed by atoms with Crippen molar-refractivity contribution in [2.24, 2.45) is 0 Å². The van der Waals surface area contributed by atoms with Gasteiger partial charge in [-0.25, -0.2) is 23.1 Å². The number of anilines is 1. The number of sulfonamides is 1. The zero-order valence-corrected chi connectivity index (χ0v) is 19.0. The van der Waals surface area contributed by atoms with Crippen LogP contribution in [0.2, 0.25) is 0 Å². The Kier molecular flexibility index (Phi) is 7.45. The molecule has 0 bridgehead atoms. The lowest BCUT2D eigenvalue weighted by Gasteiger charge is -2.35. The molecule has 1 N–H and O–H groups in total. The van der Waals surface area contributed by atoms with E-state index < -0.39 is 10.0 Å². The van der Waals surface area contributed by atoms with E-state index in [9.17, 15) is 13.2 Å². The van der Waals surface area contributed by atoms with E-state index in [0.29, 0.717) is 38.5 Å². The average molecular weight is 448 g/mol. The number of piperazine rings is 1. The minimum atomic E-state index is -3.67.